The van der Waals surface area contributed by atoms with E-state index < -0.39 is 26.6 Å². The molecule has 5 nitrogen and oxygen atoms in total. The number of rotatable bonds is 4. The highest BCUT2D eigenvalue weighted by atomic mass is 32.2. The average Bonchev–Trinajstić information content (AvgIpc) is 3.08. The van der Waals surface area contributed by atoms with Crippen LogP contribution in [0.25, 0.3) is 11.3 Å². The van der Waals surface area contributed by atoms with Gasteiger partial charge in [0, 0.05) is 17.5 Å². The lowest BCUT2D eigenvalue weighted by Crippen LogP contribution is -2.45. The van der Waals surface area contributed by atoms with Gasteiger partial charge in [-0.1, -0.05) is 30.3 Å². The maximum Gasteiger partial charge on any atom is 0.433 e. The molecule has 0 saturated heterocycles. The van der Waals surface area contributed by atoms with Crippen molar-refractivity contribution in [2.45, 2.75) is 69.3 Å². The third-order valence-corrected chi connectivity index (χ3v) is 7.55. The minimum atomic E-state index is -4.53. The van der Waals surface area contributed by atoms with Crippen LogP contribution >= 0.6 is 0 Å². The monoisotopic (exact) mass is 429 g/mol. The smallest absolute Gasteiger partial charge is 0.338 e. The molecule has 2 aromatic rings. The minimum Gasteiger partial charge on any atom is -0.338 e. The number of sulfonamides is 1. The number of alkyl halides is 3. The molecular formula is C20H26F3N3O2S. The fraction of sp³-hybridized carbons (Fsp3) is 0.550. The first-order valence-corrected chi connectivity index (χ1v) is 11.1. The summed E-state index contributed by atoms with van der Waals surface area (Å²) in [5, 5.41) is 0. The first-order valence-electron chi connectivity index (χ1n) is 9.63. The molecule has 0 bridgehead atoms. The number of nitrogens with one attached hydrogen (secondary N) is 2. The molecule has 1 aromatic carbocycles. The van der Waals surface area contributed by atoms with Crippen LogP contribution in [0.2, 0.25) is 0 Å². The van der Waals surface area contributed by atoms with Gasteiger partial charge >= 0.3 is 6.18 Å². The van der Waals surface area contributed by atoms with Gasteiger partial charge < -0.3 is 4.98 Å². The molecule has 1 fully saturated rings. The molecule has 1 aliphatic rings. The Hall–Kier alpha value is -1.87. The van der Waals surface area contributed by atoms with E-state index in [2.05, 4.69) is 14.7 Å². The molecule has 0 unspecified atom stereocenters. The topological polar surface area (TPSA) is 74.8 Å². The lowest BCUT2D eigenvalue weighted by molar-refractivity contribution is -0.140. The predicted molar refractivity (Wildman–Crippen MR) is 106 cm³/mol. The van der Waals surface area contributed by atoms with Gasteiger partial charge in [0.2, 0.25) is 10.0 Å². The molecule has 1 aliphatic carbocycles. The Morgan fingerprint density at radius 1 is 1.03 bits per heavy atom. The van der Waals surface area contributed by atoms with Crippen LogP contribution in [-0.2, 0) is 16.2 Å². The van der Waals surface area contributed by atoms with E-state index in [1.807, 2.05) is 0 Å². The van der Waals surface area contributed by atoms with Crippen LogP contribution in [0.1, 0.15) is 63.9 Å². The fourth-order valence-electron chi connectivity index (χ4n) is 3.48. The SMILES string of the molecule is CC(C)(C)S(=O)(=O)NC1CCC(c2nc(-c3ccccc3)c(C(F)(F)F)[nH]2)CC1. The third kappa shape index (κ3) is 4.83. The van der Waals surface area contributed by atoms with Crippen molar-refractivity contribution < 1.29 is 21.6 Å². The Balaban J connectivity index is 1.77. The van der Waals surface area contributed by atoms with Gasteiger partial charge in [0.05, 0.1) is 4.75 Å². The van der Waals surface area contributed by atoms with Gasteiger partial charge in [-0.2, -0.15) is 13.2 Å². The summed E-state index contributed by atoms with van der Waals surface area (Å²) >= 11 is 0. The standard InChI is InChI=1S/C20H26F3N3O2S/c1-19(2,3)29(27,28)26-15-11-9-14(10-12-15)18-24-16(13-7-5-4-6-8-13)17(25-18)20(21,22)23/h4-8,14-15,26H,9-12H2,1-3H3,(H,24,25). The lowest BCUT2D eigenvalue weighted by Gasteiger charge is -2.30. The van der Waals surface area contributed by atoms with E-state index in [9.17, 15) is 21.6 Å². The van der Waals surface area contributed by atoms with Crippen LogP contribution in [-0.4, -0.2) is 29.2 Å². The van der Waals surface area contributed by atoms with Gasteiger partial charge in [0.15, 0.2) is 0 Å². The van der Waals surface area contributed by atoms with Crippen molar-refractivity contribution >= 4 is 10.0 Å². The molecule has 1 heterocycles. The highest BCUT2D eigenvalue weighted by Crippen LogP contribution is 2.39. The molecule has 0 spiro atoms. The summed E-state index contributed by atoms with van der Waals surface area (Å²) in [6, 6.07) is 8.10. The summed E-state index contributed by atoms with van der Waals surface area (Å²) < 4.78 is 67.1. The van der Waals surface area contributed by atoms with Crippen LogP contribution in [0.4, 0.5) is 13.2 Å². The van der Waals surface area contributed by atoms with Crippen molar-refractivity contribution in [3.05, 3.63) is 41.9 Å². The van der Waals surface area contributed by atoms with E-state index in [-0.39, 0.29) is 17.7 Å². The lowest BCUT2D eigenvalue weighted by atomic mass is 9.86. The van der Waals surface area contributed by atoms with Crippen LogP contribution < -0.4 is 4.72 Å². The Labute approximate surface area is 169 Å². The normalized spacial score (nSPS) is 21.3. The second-order valence-electron chi connectivity index (χ2n) is 8.49. The van der Waals surface area contributed by atoms with Crippen LogP contribution in [0.3, 0.4) is 0 Å². The van der Waals surface area contributed by atoms with Crippen molar-refractivity contribution in [3.8, 4) is 11.3 Å². The van der Waals surface area contributed by atoms with Crippen molar-refractivity contribution in [1.29, 1.82) is 0 Å². The third-order valence-electron chi connectivity index (χ3n) is 5.29. The maximum absolute atomic E-state index is 13.5. The highest BCUT2D eigenvalue weighted by Gasteiger charge is 2.39. The van der Waals surface area contributed by atoms with E-state index in [0.717, 1.165) is 0 Å². The molecular weight excluding hydrogens is 403 g/mol. The molecule has 0 radical (unpaired) electrons. The average molecular weight is 430 g/mol. The molecule has 0 amide bonds. The van der Waals surface area contributed by atoms with Crippen molar-refractivity contribution in [2.24, 2.45) is 0 Å². The second-order valence-corrected chi connectivity index (χ2v) is 11.0. The van der Waals surface area contributed by atoms with Gasteiger partial charge in [-0.3, -0.25) is 0 Å². The minimum absolute atomic E-state index is 0.0938. The first kappa shape index (κ1) is 21.8. The first-order chi connectivity index (χ1) is 13.4. The molecule has 160 valence electrons. The maximum atomic E-state index is 13.5. The molecule has 1 aromatic heterocycles. The molecule has 9 heteroatoms. The van der Waals surface area contributed by atoms with Gasteiger partial charge in [-0.15, -0.1) is 0 Å². The van der Waals surface area contributed by atoms with Crippen LogP contribution in [0, 0.1) is 0 Å². The Morgan fingerprint density at radius 3 is 2.14 bits per heavy atom. The Morgan fingerprint density at radius 2 is 1.62 bits per heavy atom. The van der Waals surface area contributed by atoms with Gasteiger partial charge in [-0.05, 0) is 46.5 Å². The predicted octanol–water partition coefficient (Wildman–Crippen LogP) is 4.84. The zero-order valence-electron chi connectivity index (χ0n) is 16.7. The number of nitrogens with zero attached hydrogens (tertiary/aromatic N) is 1. The van der Waals surface area contributed by atoms with E-state index in [1.165, 1.54) is 0 Å². The molecule has 29 heavy (non-hydrogen) atoms. The second kappa shape index (κ2) is 7.75. The number of hydrogen-bond acceptors (Lipinski definition) is 3. The van der Waals surface area contributed by atoms with Crippen LogP contribution in [0.5, 0.6) is 0 Å². The molecule has 1 saturated carbocycles. The van der Waals surface area contributed by atoms with E-state index in [4.69, 9.17) is 0 Å². The number of hydrogen-bond donors (Lipinski definition) is 2. The number of aromatic nitrogens is 2. The number of imidazole rings is 1. The fourth-order valence-corrected chi connectivity index (χ4v) is 4.50. The van der Waals surface area contributed by atoms with Crippen LogP contribution in [0.15, 0.2) is 30.3 Å². The van der Waals surface area contributed by atoms with E-state index in [0.29, 0.717) is 37.1 Å². The quantitative estimate of drug-likeness (QED) is 0.730. The summed E-state index contributed by atoms with van der Waals surface area (Å²) in [6.45, 7) is 4.90. The van der Waals surface area contributed by atoms with Gasteiger partial charge in [-0.25, -0.2) is 18.1 Å². The Bertz CT molecular complexity index is 940. The largest absolute Gasteiger partial charge is 0.433 e. The summed E-state index contributed by atoms with van der Waals surface area (Å²) in [6.07, 6.45) is -2.28. The van der Waals surface area contributed by atoms with Gasteiger partial charge in [0.1, 0.15) is 17.2 Å². The molecule has 0 atom stereocenters. The van der Waals surface area contributed by atoms with E-state index >= 15 is 0 Å². The summed E-state index contributed by atoms with van der Waals surface area (Å²) in [4.78, 5) is 6.80. The van der Waals surface area contributed by atoms with Crippen molar-refractivity contribution in [3.63, 3.8) is 0 Å². The van der Waals surface area contributed by atoms with Crippen molar-refractivity contribution in [1.82, 2.24) is 14.7 Å². The van der Waals surface area contributed by atoms with Gasteiger partial charge in [0.25, 0.3) is 0 Å². The molecule has 2 N–H and O–H groups in total. The number of benzene rings is 1. The molecule has 3 rings (SSSR count). The summed E-state index contributed by atoms with van der Waals surface area (Å²) in [7, 11) is -3.46. The van der Waals surface area contributed by atoms with E-state index in [1.54, 1.807) is 51.1 Å². The Kier molecular flexibility index (Phi) is 5.84. The number of halogens is 3. The summed E-state index contributed by atoms with van der Waals surface area (Å²) in [5.74, 6) is 0.150. The summed E-state index contributed by atoms with van der Waals surface area (Å²) in [5.41, 5.74) is -0.521. The zero-order valence-corrected chi connectivity index (χ0v) is 17.5. The zero-order chi connectivity index (χ0) is 21.4. The molecule has 0 aliphatic heterocycles. The number of aromatic amines is 1. The van der Waals surface area contributed by atoms with Crippen molar-refractivity contribution in [2.75, 3.05) is 0 Å². The number of H-pyrrole nitrogens is 1. The highest BCUT2D eigenvalue weighted by molar-refractivity contribution is 7.90.